The molecular weight excluding hydrogens is 339 g/mol. The van der Waals surface area contributed by atoms with Crippen LogP contribution < -0.4 is 5.32 Å². The molecule has 0 radical (unpaired) electrons. The van der Waals surface area contributed by atoms with Crippen LogP contribution in [0.15, 0.2) is 42.6 Å². The van der Waals surface area contributed by atoms with Gasteiger partial charge in [0.25, 0.3) is 5.91 Å². The molecule has 88 valence electrons. The molecule has 0 saturated heterocycles. The number of anilines is 1. The molecule has 3 rings (SSSR count). The lowest BCUT2D eigenvalue weighted by Crippen LogP contribution is -2.03. The lowest BCUT2D eigenvalue weighted by Gasteiger charge is -1.99. The van der Waals surface area contributed by atoms with E-state index in [1.54, 1.807) is 6.20 Å². The third-order valence-corrected chi connectivity index (χ3v) is 3.42. The van der Waals surface area contributed by atoms with Crippen molar-refractivity contribution in [1.82, 2.24) is 4.98 Å². The van der Waals surface area contributed by atoms with Crippen LogP contribution in [0.3, 0.4) is 0 Å². The third kappa shape index (κ3) is 2.03. The minimum atomic E-state index is -0.0716. The van der Waals surface area contributed by atoms with Gasteiger partial charge in [0.1, 0.15) is 0 Å². The van der Waals surface area contributed by atoms with Crippen molar-refractivity contribution in [3.8, 4) is 0 Å². The second-order valence-corrected chi connectivity index (χ2v) is 5.20. The predicted octanol–water partition coefficient (Wildman–Crippen LogP) is 3.18. The average Bonchev–Trinajstić information content (AvgIpc) is 2.67. The standard InChI is InChI=1S/C14H9IN2O/c15-9-4-5-13-11(7-9)12(14(18)17-13)8-10-3-1-2-6-16-10/h1-8H,(H,17,18). The van der Waals surface area contributed by atoms with Gasteiger partial charge in [-0.25, -0.2) is 0 Å². The number of nitrogens with one attached hydrogen (secondary N) is 1. The second kappa shape index (κ2) is 4.53. The number of amides is 1. The zero-order valence-electron chi connectivity index (χ0n) is 9.35. The summed E-state index contributed by atoms with van der Waals surface area (Å²) in [4.78, 5) is 16.2. The van der Waals surface area contributed by atoms with Crippen LogP contribution in [0.4, 0.5) is 5.69 Å². The van der Waals surface area contributed by atoms with Crippen molar-refractivity contribution in [3.05, 3.63) is 57.4 Å². The number of rotatable bonds is 1. The molecule has 1 aromatic heterocycles. The number of carbonyl (C=O) groups is 1. The summed E-state index contributed by atoms with van der Waals surface area (Å²) in [7, 11) is 0. The highest BCUT2D eigenvalue weighted by molar-refractivity contribution is 14.1. The molecule has 3 nitrogen and oxygen atoms in total. The smallest absolute Gasteiger partial charge is 0.256 e. The Morgan fingerprint density at radius 1 is 1.22 bits per heavy atom. The number of carbonyl (C=O) groups excluding carboxylic acids is 1. The van der Waals surface area contributed by atoms with Crippen LogP contribution >= 0.6 is 22.6 Å². The molecule has 1 aromatic carbocycles. The first kappa shape index (κ1) is 11.4. The highest BCUT2D eigenvalue weighted by Gasteiger charge is 2.24. The van der Waals surface area contributed by atoms with E-state index >= 15 is 0 Å². The van der Waals surface area contributed by atoms with Crippen molar-refractivity contribution >= 4 is 45.8 Å². The van der Waals surface area contributed by atoms with Gasteiger partial charge in [0, 0.05) is 21.0 Å². The molecule has 1 aliphatic heterocycles. The summed E-state index contributed by atoms with van der Waals surface area (Å²) in [5, 5.41) is 2.86. The fourth-order valence-electron chi connectivity index (χ4n) is 1.91. The van der Waals surface area contributed by atoms with Crippen molar-refractivity contribution in [2.75, 3.05) is 5.32 Å². The van der Waals surface area contributed by atoms with Crippen LogP contribution in [0.1, 0.15) is 11.3 Å². The summed E-state index contributed by atoms with van der Waals surface area (Å²) >= 11 is 2.24. The number of hydrogen-bond donors (Lipinski definition) is 1. The van der Waals surface area contributed by atoms with Crippen molar-refractivity contribution in [2.24, 2.45) is 0 Å². The summed E-state index contributed by atoms with van der Waals surface area (Å²) < 4.78 is 1.11. The summed E-state index contributed by atoms with van der Waals surface area (Å²) in [5.41, 5.74) is 3.26. The first-order valence-corrected chi connectivity index (χ1v) is 6.56. The quantitative estimate of drug-likeness (QED) is 0.635. The van der Waals surface area contributed by atoms with E-state index in [2.05, 4.69) is 32.9 Å². The van der Waals surface area contributed by atoms with Crippen LogP contribution in [0.2, 0.25) is 0 Å². The summed E-state index contributed by atoms with van der Waals surface area (Å²) in [5.74, 6) is -0.0716. The molecule has 18 heavy (non-hydrogen) atoms. The molecular formula is C14H9IN2O. The maximum atomic E-state index is 11.9. The van der Waals surface area contributed by atoms with Gasteiger partial charge in [0.05, 0.1) is 11.3 Å². The molecule has 0 fully saturated rings. The SMILES string of the molecule is O=C1Nc2ccc(I)cc2C1=Cc1ccccn1. The van der Waals surface area contributed by atoms with Crippen LogP contribution in [-0.2, 0) is 4.79 Å². The van der Waals surface area contributed by atoms with Gasteiger partial charge in [-0.15, -0.1) is 0 Å². The number of benzene rings is 1. The summed E-state index contributed by atoms with van der Waals surface area (Å²) in [6.07, 6.45) is 3.53. The molecule has 1 amide bonds. The Kier molecular flexibility index (Phi) is 2.87. The van der Waals surface area contributed by atoms with Gasteiger partial charge in [-0.05, 0) is 59.0 Å². The van der Waals surface area contributed by atoms with E-state index in [0.717, 1.165) is 20.5 Å². The fourth-order valence-corrected chi connectivity index (χ4v) is 2.40. The molecule has 0 aliphatic carbocycles. The van der Waals surface area contributed by atoms with E-state index in [9.17, 15) is 4.79 Å². The monoisotopic (exact) mass is 348 g/mol. The number of halogens is 1. The van der Waals surface area contributed by atoms with Crippen LogP contribution in [0, 0.1) is 3.57 Å². The zero-order chi connectivity index (χ0) is 12.5. The Morgan fingerprint density at radius 3 is 2.89 bits per heavy atom. The minimum Gasteiger partial charge on any atom is -0.321 e. The number of nitrogens with zero attached hydrogens (tertiary/aromatic N) is 1. The first-order chi connectivity index (χ1) is 8.74. The maximum absolute atomic E-state index is 11.9. The van der Waals surface area contributed by atoms with Gasteiger partial charge in [-0.3, -0.25) is 9.78 Å². The van der Waals surface area contributed by atoms with E-state index in [1.165, 1.54) is 0 Å². The highest BCUT2D eigenvalue weighted by Crippen LogP contribution is 2.33. The van der Waals surface area contributed by atoms with E-state index in [4.69, 9.17) is 0 Å². The highest BCUT2D eigenvalue weighted by atomic mass is 127. The largest absolute Gasteiger partial charge is 0.321 e. The predicted molar refractivity (Wildman–Crippen MR) is 79.9 cm³/mol. The van der Waals surface area contributed by atoms with E-state index < -0.39 is 0 Å². The summed E-state index contributed by atoms with van der Waals surface area (Å²) in [6, 6.07) is 11.5. The van der Waals surface area contributed by atoms with Gasteiger partial charge in [-0.1, -0.05) is 6.07 Å². The molecule has 1 aliphatic rings. The van der Waals surface area contributed by atoms with Crippen molar-refractivity contribution < 1.29 is 4.79 Å². The molecule has 2 heterocycles. The summed E-state index contributed by atoms with van der Waals surface area (Å²) in [6.45, 7) is 0. The molecule has 0 bridgehead atoms. The molecule has 0 atom stereocenters. The Morgan fingerprint density at radius 2 is 2.11 bits per heavy atom. The second-order valence-electron chi connectivity index (χ2n) is 3.96. The van der Waals surface area contributed by atoms with Gasteiger partial charge in [0.2, 0.25) is 0 Å². The third-order valence-electron chi connectivity index (χ3n) is 2.74. The Hall–Kier alpha value is -1.69. The Bertz CT molecular complexity index is 650. The lowest BCUT2D eigenvalue weighted by atomic mass is 10.1. The van der Waals surface area contributed by atoms with E-state index in [1.807, 2.05) is 42.5 Å². The van der Waals surface area contributed by atoms with Crippen molar-refractivity contribution in [3.63, 3.8) is 0 Å². The van der Waals surface area contributed by atoms with Gasteiger partial charge >= 0.3 is 0 Å². The molecule has 0 saturated carbocycles. The molecule has 1 N–H and O–H groups in total. The molecule has 4 heteroatoms. The Labute approximate surface area is 118 Å². The van der Waals surface area contributed by atoms with Gasteiger partial charge < -0.3 is 5.32 Å². The molecule has 0 unspecified atom stereocenters. The normalized spacial score (nSPS) is 15.6. The minimum absolute atomic E-state index is 0.0716. The molecule has 2 aromatic rings. The van der Waals surface area contributed by atoms with Crippen LogP contribution in [-0.4, -0.2) is 10.9 Å². The van der Waals surface area contributed by atoms with E-state index in [-0.39, 0.29) is 5.91 Å². The topological polar surface area (TPSA) is 42.0 Å². The average molecular weight is 348 g/mol. The van der Waals surface area contributed by atoms with Gasteiger partial charge in [0.15, 0.2) is 0 Å². The fraction of sp³-hybridized carbons (Fsp3) is 0. The number of hydrogen-bond acceptors (Lipinski definition) is 2. The first-order valence-electron chi connectivity index (χ1n) is 5.48. The number of fused-ring (bicyclic) bond motifs is 1. The molecule has 0 spiro atoms. The van der Waals surface area contributed by atoms with Gasteiger partial charge in [-0.2, -0.15) is 0 Å². The lowest BCUT2D eigenvalue weighted by molar-refractivity contribution is -0.110. The number of aromatic nitrogens is 1. The van der Waals surface area contributed by atoms with Crippen molar-refractivity contribution in [2.45, 2.75) is 0 Å². The maximum Gasteiger partial charge on any atom is 0.256 e. The van der Waals surface area contributed by atoms with Crippen molar-refractivity contribution in [1.29, 1.82) is 0 Å². The van der Waals surface area contributed by atoms with Crippen LogP contribution in [0.25, 0.3) is 11.6 Å². The van der Waals surface area contributed by atoms with Crippen LogP contribution in [0.5, 0.6) is 0 Å². The Balaban J connectivity index is 2.12. The van der Waals surface area contributed by atoms with E-state index in [0.29, 0.717) is 5.57 Å². The zero-order valence-corrected chi connectivity index (χ0v) is 11.5. The number of pyridine rings is 1.